The molecule has 0 aromatic carbocycles. The van der Waals surface area contributed by atoms with E-state index in [0.29, 0.717) is 6.04 Å². The van der Waals surface area contributed by atoms with E-state index in [4.69, 9.17) is 10.5 Å². The summed E-state index contributed by atoms with van der Waals surface area (Å²) in [5.41, 5.74) is 5.72. The van der Waals surface area contributed by atoms with E-state index in [0.717, 1.165) is 19.6 Å². The smallest absolute Gasteiger partial charge is 0.0873 e. The number of nitrogens with two attached hydrogens (primary N) is 1. The van der Waals surface area contributed by atoms with Gasteiger partial charge in [0, 0.05) is 24.7 Å². The Balaban J connectivity index is 2.46. The number of rotatable bonds is 1. The molecular formula is C9H20N2O. The number of nitrogens with one attached hydrogen (secondary N) is 1. The fraction of sp³-hybridized carbons (Fsp3) is 1.00. The van der Waals surface area contributed by atoms with Gasteiger partial charge in [0.2, 0.25) is 0 Å². The summed E-state index contributed by atoms with van der Waals surface area (Å²) in [6.45, 7) is 7.88. The third-order valence-electron chi connectivity index (χ3n) is 2.35. The fourth-order valence-electron chi connectivity index (χ4n) is 1.33. The minimum absolute atomic E-state index is 0.141. The average molecular weight is 172 g/mol. The zero-order valence-electron chi connectivity index (χ0n) is 8.26. The minimum Gasteiger partial charge on any atom is -0.375 e. The lowest BCUT2D eigenvalue weighted by molar-refractivity contribution is 0.0226. The van der Waals surface area contributed by atoms with Gasteiger partial charge in [-0.3, -0.25) is 0 Å². The van der Waals surface area contributed by atoms with E-state index in [1.165, 1.54) is 0 Å². The lowest BCUT2D eigenvalue weighted by Gasteiger charge is -2.29. The van der Waals surface area contributed by atoms with Gasteiger partial charge in [-0.2, -0.15) is 0 Å². The van der Waals surface area contributed by atoms with E-state index in [2.05, 4.69) is 12.2 Å². The molecule has 3 nitrogen and oxygen atoms in total. The van der Waals surface area contributed by atoms with Crippen LogP contribution < -0.4 is 11.1 Å². The van der Waals surface area contributed by atoms with Crippen LogP contribution in [0.4, 0.5) is 0 Å². The molecule has 72 valence electrons. The van der Waals surface area contributed by atoms with Gasteiger partial charge in [0.05, 0.1) is 6.10 Å². The molecule has 1 aliphatic heterocycles. The Morgan fingerprint density at radius 3 is 2.75 bits per heavy atom. The van der Waals surface area contributed by atoms with E-state index in [9.17, 15) is 0 Å². The quantitative estimate of drug-likeness (QED) is 0.605. The Labute approximate surface area is 74.7 Å². The maximum absolute atomic E-state index is 5.96. The molecule has 0 aromatic rings. The van der Waals surface area contributed by atoms with Crippen molar-refractivity contribution in [2.45, 2.75) is 44.9 Å². The Morgan fingerprint density at radius 1 is 1.50 bits per heavy atom. The summed E-state index contributed by atoms with van der Waals surface area (Å²) in [6.07, 6.45) is 1.22. The van der Waals surface area contributed by atoms with Crippen LogP contribution in [0.2, 0.25) is 0 Å². The molecule has 1 rings (SSSR count). The molecule has 1 saturated heterocycles. The van der Waals surface area contributed by atoms with E-state index in [-0.39, 0.29) is 11.6 Å². The predicted molar refractivity (Wildman–Crippen MR) is 50.1 cm³/mol. The van der Waals surface area contributed by atoms with Crippen LogP contribution in [0.1, 0.15) is 27.2 Å². The second-order valence-corrected chi connectivity index (χ2v) is 4.28. The first-order valence-corrected chi connectivity index (χ1v) is 4.64. The summed E-state index contributed by atoms with van der Waals surface area (Å²) < 4.78 is 5.65. The molecule has 2 unspecified atom stereocenters. The lowest BCUT2D eigenvalue weighted by atomic mass is 9.99. The maximum Gasteiger partial charge on any atom is 0.0873 e. The molecule has 0 aromatic heterocycles. The Morgan fingerprint density at radius 2 is 2.17 bits per heavy atom. The normalized spacial score (nSPS) is 33.0. The van der Waals surface area contributed by atoms with Crippen molar-refractivity contribution in [2.75, 3.05) is 13.2 Å². The molecule has 0 saturated carbocycles. The van der Waals surface area contributed by atoms with Gasteiger partial charge in [-0.1, -0.05) is 0 Å². The van der Waals surface area contributed by atoms with Crippen molar-refractivity contribution in [2.24, 2.45) is 5.73 Å². The van der Waals surface area contributed by atoms with Crippen molar-refractivity contribution in [3.8, 4) is 0 Å². The highest BCUT2D eigenvalue weighted by Crippen LogP contribution is 2.12. The van der Waals surface area contributed by atoms with Gasteiger partial charge in [-0.05, 0) is 27.2 Å². The van der Waals surface area contributed by atoms with Gasteiger partial charge in [0.25, 0.3) is 0 Å². The number of hydrogen-bond acceptors (Lipinski definition) is 3. The average Bonchev–Trinajstić information content (AvgIpc) is 2.11. The molecule has 2 atom stereocenters. The highest BCUT2D eigenvalue weighted by atomic mass is 16.5. The fourth-order valence-corrected chi connectivity index (χ4v) is 1.33. The van der Waals surface area contributed by atoms with Crippen LogP contribution in [0, 0.1) is 0 Å². The first kappa shape index (κ1) is 9.96. The molecule has 12 heavy (non-hydrogen) atoms. The van der Waals surface area contributed by atoms with Crippen LogP contribution in [0.5, 0.6) is 0 Å². The zero-order valence-corrected chi connectivity index (χ0v) is 8.26. The SMILES string of the molecule is CC1CCOC(C(C)(C)N)CN1. The first-order valence-electron chi connectivity index (χ1n) is 4.64. The van der Waals surface area contributed by atoms with E-state index < -0.39 is 0 Å². The minimum atomic E-state index is -0.239. The molecule has 1 heterocycles. The van der Waals surface area contributed by atoms with Gasteiger partial charge in [0.1, 0.15) is 0 Å². The molecule has 0 spiro atoms. The molecule has 0 aliphatic carbocycles. The molecule has 1 aliphatic rings. The molecule has 1 fully saturated rings. The molecule has 3 N–H and O–H groups in total. The van der Waals surface area contributed by atoms with Gasteiger partial charge in [0.15, 0.2) is 0 Å². The summed E-state index contributed by atoms with van der Waals surface area (Å²) in [6, 6.07) is 0.553. The monoisotopic (exact) mass is 172 g/mol. The van der Waals surface area contributed by atoms with Crippen molar-refractivity contribution in [1.29, 1.82) is 0 Å². The lowest BCUT2D eigenvalue weighted by Crippen LogP contribution is -2.51. The summed E-state index contributed by atoms with van der Waals surface area (Å²) in [5, 5.41) is 3.40. The Kier molecular flexibility index (Phi) is 3.09. The van der Waals surface area contributed by atoms with Crippen LogP contribution in [0.25, 0.3) is 0 Å². The van der Waals surface area contributed by atoms with E-state index in [1.54, 1.807) is 0 Å². The van der Waals surface area contributed by atoms with Crippen molar-refractivity contribution >= 4 is 0 Å². The van der Waals surface area contributed by atoms with Crippen molar-refractivity contribution < 1.29 is 4.74 Å². The van der Waals surface area contributed by atoms with Crippen molar-refractivity contribution in [3.63, 3.8) is 0 Å². The Bertz CT molecular complexity index is 142. The van der Waals surface area contributed by atoms with E-state index >= 15 is 0 Å². The highest BCUT2D eigenvalue weighted by molar-refractivity contribution is 4.87. The first-order chi connectivity index (χ1) is 5.50. The second-order valence-electron chi connectivity index (χ2n) is 4.28. The van der Waals surface area contributed by atoms with Crippen LogP contribution in [0.3, 0.4) is 0 Å². The highest BCUT2D eigenvalue weighted by Gasteiger charge is 2.27. The summed E-state index contributed by atoms with van der Waals surface area (Å²) >= 11 is 0. The summed E-state index contributed by atoms with van der Waals surface area (Å²) in [4.78, 5) is 0. The third kappa shape index (κ3) is 2.73. The van der Waals surface area contributed by atoms with Crippen molar-refractivity contribution in [3.05, 3.63) is 0 Å². The standard InChI is InChI=1S/C9H20N2O/c1-7-4-5-12-8(6-11-7)9(2,3)10/h7-8,11H,4-6,10H2,1-3H3. The largest absolute Gasteiger partial charge is 0.375 e. The van der Waals surface area contributed by atoms with Crippen LogP contribution >= 0.6 is 0 Å². The third-order valence-corrected chi connectivity index (χ3v) is 2.35. The number of ether oxygens (including phenoxy) is 1. The molecule has 0 bridgehead atoms. The topological polar surface area (TPSA) is 47.3 Å². The predicted octanol–water partition coefficient (Wildman–Crippen LogP) is 0.491. The second kappa shape index (κ2) is 3.73. The summed E-state index contributed by atoms with van der Waals surface area (Å²) in [7, 11) is 0. The van der Waals surface area contributed by atoms with Gasteiger partial charge < -0.3 is 15.8 Å². The van der Waals surface area contributed by atoms with Crippen LogP contribution in [0.15, 0.2) is 0 Å². The molecular weight excluding hydrogens is 152 g/mol. The van der Waals surface area contributed by atoms with Gasteiger partial charge in [-0.25, -0.2) is 0 Å². The van der Waals surface area contributed by atoms with Gasteiger partial charge in [-0.15, -0.1) is 0 Å². The Hall–Kier alpha value is -0.120. The summed E-state index contributed by atoms with van der Waals surface area (Å²) in [5.74, 6) is 0. The molecule has 0 amide bonds. The number of hydrogen-bond donors (Lipinski definition) is 2. The van der Waals surface area contributed by atoms with Crippen LogP contribution in [-0.2, 0) is 4.74 Å². The van der Waals surface area contributed by atoms with E-state index in [1.807, 2.05) is 13.8 Å². The zero-order chi connectivity index (χ0) is 9.19. The van der Waals surface area contributed by atoms with Crippen molar-refractivity contribution in [1.82, 2.24) is 5.32 Å². The maximum atomic E-state index is 5.96. The molecule has 0 radical (unpaired) electrons. The van der Waals surface area contributed by atoms with Crippen LogP contribution in [-0.4, -0.2) is 30.8 Å². The molecule has 3 heteroatoms. The van der Waals surface area contributed by atoms with Gasteiger partial charge >= 0.3 is 0 Å².